The van der Waals surface area contributed by atoms with E-state index in [0.717, 1.165) is 12.8 Å². The van der Waals surface area contributed by atoms with E-state index >= 15 is 0 Å². The van der Waals surface area contributed by atoms with E-state index in [1.807, 2.05) is 11.8 Å². The number of aryl methyl sites for hydroxylation is 1. The third-order valence-electron chi connectivity index (χ3n) is 4.35. The van der Waals surface area contributed by atoms with E-state index in [1.54, 1.807) is 26.2 Å². The highest BCUT2D eigenvalue weighted by atomic mass is 79.9. The first kappa shape index (κ1) is 22.7. The minimum atomic E-state index is -0.449. The maximum Gasteiger partial charge on any atom is 0.353 e. The second kappa shape index (κ2) is 10.2. The molecular formula is C19H26BrN5O4. The Balaban J connectivity index is 2.60. The number of halogens is 1. The van der Waals surface area contributed by atoms with Crippen LogP contribution in [-0.4, -0.2) is 42.2 Å². The van der Waals surface area contributed by atoms with Crippen molar-refractivity contribution in [2.24, 2.45) is 0 Å². The van der Waals surface area contributed by atoms with Gasteiger partial charge in [-0.05, 0) is 42.3 Å². The van der Waals surface area contributed by atoms with Gasteiger partial charge in [-0.2, -0.15) is 0 Å². The first-order valence-corrected chi connectivity index (χ1v) is 10.1. The number of unbranched alkanes of at least 4 members (excludes halogenated alkanes) is 1. The summed E-state index contributed by atoms with van der Waals surface area (Å²) in [6.07, 6.45) is 1.89. The van der Waals surface area contributed by atoms with Crippen LogP contribution in [0.5, 0.6) is 11.5 Å². The number of methoxy groups -OCH3 is 2. The molecule has 0 atom stereocenters. The lowest BCUT2D eigenvalue weighted by molar-refractivity contribution is -0.383. The number of nitro groups is 1. The van der Waals surface area contributed by atoms with E-state index in [-0.39, 0.29) is 11.5 Å². The molecule has 158 valence electrons. The Labute approximate surface area is 178 Å². The number of ether oxygens (including phenoxy) is 2. The highest BCUT2D eigenvalue weighted by molar-refractivity contribution is 9.10. The second-order valence-electron chi connectivity index (χ2n) is 6.29. The van der Waals surface area contributed by atoms with Gasteiger partial charge in [0.15, 0.2) is 0 Å². The van der Waals surface area contributed by atoms with Crippen LogP contribution >= 0.6 is 15.9 Å². The van der Waals surface area contributed by atoms with Gasteiger partial charge in [0.2, 0.25) is 11.6 Å². The van der Waals surface area contributed by atoms with Gasteiger partial charge < -0.3 is 19.7 Å². The summed E-state index contributed by atoms with van der Waals surface area (Å²) in [6, 6.07) is 3.43. The summed E-state index contributed by atoms with van der Waals surface area (Å²) in [6.45, 7) is 7.03. The van der Waals surface area contributed by atoms with Crippen molar-refractivity contribution in [1.29, 1.82) is 0 Å². The molecule has 1 N–H and O–H groups in total. The fourth-order valence-corrected chi connectivity index (χ4v) is 3.39. The summed E-state index contributed by atoms with van der Waals surface area (Å²) < 4.78 is 11.3. The standard InChI is InChI=1S/C19H26BrN5O4/c1-6-8-9-24(7-2)19-17(25(26)27)18(21-12(3)22-19)23-16-14(20)10-13(28-4)11-15(16)29-5/h10-11H,6-9H2,1-5H3,(H,21,22,23). The maximum atomic E-state index is 12.0. The van der Waals surface area contributed by atoms with Crippen molar-refractivity contribution < 1.29 is 14.4 Å². The van der Waals surface area contributed by atoms with Crippen molar-refractivity contribution in [3.63, 3.8) is 0 Å². The van der Waals surface area contributed by atoms with Crippen LogP contribution in [0.15, 0.2) is 16.6 Å². The first-order valence-electron chi connectivity index (χ1n) is 9.32. The molecule has 0 aliphatic heterocycles. The Bertz CT molecular complexity index is 878. The summed E-state index contributed by atoms with van der Waals surface area (Å²) in [5.41, 5.74) is 0.343. The fraction of sp³-hybridized carbons (Fsp3) is 0.474. The van der Waals surface area contributed by atoms with Crippen molar-refractivity contribution in [1.82, 2.24) is 9.97 Å². The Morgan fingerprint density at radius 1 is 1.24 bits per heavy atom. The second-order valence-corrected chi connectivity index (χ2v) is 7.15. The average Bonchev–Trinajstić information content (AvgIpc) is 2.69. The van der Waals surface area contributed by atoms with E-state index in [1.165, 1.54) is 7.11 Å². The van der Waals surface area contributed by atoms with Gasteiger partial charge in [0, 0.05) is 23.6 Å². The Hall–Kier alpha value is -2.62. The molecule has 10 heteroatoms. The molecule has 0 saturated carbocycles. The van der Waals surface area contributed by atoms with Gasteiger partial charge in [0.05, 0.1) is 24.8 Å². The zero-order valence-corrected chi connectivity index (χ0v) is 18.9. The van der Waals surface area contributed by atoms with Crippen LogP contribution < -0.4 is 19.7 Å². The SMILES string of the molecule is CCCCN(CC)c1nc(C)nc(Nc2c(Br)cc(OC)cc2OC)c1[N+](=O)[O-]. The van der Waals surface area contributed by atoms with Crippen LogP contribution in [-0.2, 0) is 0 Å². The third-order valence-corrected chi connectivity index (χ3v) is 4.97. The topological polar surface area (TPSA) is 103 Å². The largest absolute Gasteiger partial charge is 0.497 e. The predicted octanol–water partition coefficient (Wildman–Crippen LogP) is 4.84. The van der Waals surface area contributed by atoms with E-state index in [9.17, 15) is 10.1 Å². The molecule has 0 unspecified atom stereocenters. The van der Waals surface area contributed by atoms with Crippen LogP contribution in [0.3, 0.4) is 0 Å². The molecule has 2 aromatic rings. The zero-order chi connectivity index (χ0) is 21.6. The highest BCUT2D eigenvalue weighted by Crippen LogP contribution is 2.41. The number of nitrogens with one attached hydrogen (secondary N) is 1. The van der Waals surface area contributed by atoms with Gasteiger partial charge in [0.1, 0.15) is 17.3 Å². The zero-order valence-electron chi connectivity index (χ0n) is 17.3. The molecule has 0 amide bonds. The van der Waals surface area contributed by atoms with Gasteiger partial charge in [0.25, 0.3) is 0 Å². The summed E-state index contributed by atoms with van der Waals surface area (Å²) in [4.78, 5) is 22.1. The van der Waals surface area contributed by atoms with E-state index in [0.29, 0.717) is 46.4 Å². The molecule has 9 nitrogen and oxygen atoms in total. The normalized spacial score (nSPS) is 10.6. The van der Waals surface area contributed by atoms with Gasteiger partial charge >= 0.3 is 5.69 Å². The number of benzene rings is 1. The number of rotatable bonds is 10. The van der Waals surface area contributed by atoms with Crippen LogP contribution in [0.4, 0.5) is 23.0 Å². The molecule has 2 rings (SSSR count). The molecule has 0 fully saturated rings. The smallest absolute Gasteiger partial charge is 0.353 e. The predicted molar refractivity (Wildman–Crippen MR) is 117 cm³/mol. The molecule has 29 heavy (non-hydrogen) atoms. The van der Waals surface area contributed by atoms with Crippen LogP contribution in [0.1, 0.15) is 32.5 Å². The molecule has 0 radical (unpaired) electrons. The van der Waals surface area contributed by atoms with Crippen molar-refractivity contribution >= 4 is 38.9 Å². The summed E-state index contributed by atoms with van der Waals surface area (Å²) in [5, 5.41) is 15.0. The minimum Gasteiger partial charge on any atom is -0.497 e. The average molecular weight is 468 g/mol. The number of nitrogens with zero attached hydrogens (tertiary/aromatic N) is 4. The molecule has 0 aliphatic carbocycles. The number of hydrogen-bond acceptors (Lipinski definition) is 8. The fourth-order valence-electron chi connectivity index (χ4n) is 2.87. The summed E-state index contributed by atoms with van der Waals surface area (Å²) in [7, 11) is 3.07. The lowest BCUT2D eigenvalue weighted by atomic mass is 10.2. The first-order chi connectivity index (χ1) is 13.9. The lowest BCUT2D eigenvalue weighted by Gasteiger charge is -2.23. The van der Waals surface area contributed by atoms with E-state index in [4.69, 9.17) is 9.47 Å². The van der Waals surface area contributed by atoms with Crippen molar-refractivity contribution in [3.8, 4) is 11.5 Å². The molecule has 0 aliphatic rings. The summed E-state index contributed by atoms with van der Waals surface area (Å²) in [5.74, 6) is 1.90. The third kappa shape index (κ3) is 5.26. The van der Waals surface area contributed by atoms with Crippen LogP contribution in [0.25, 0.3) is 0 Å². The van der Waals surface area contributed by atoms with E-state index in [2.05, 4.69) is 38.1 Å². The summed E-state index contributed by atoms with van der Waals surface area (Å²) >= 11 is 3.47. The van der Waals surface area contributed by atoms with Crippen molar-refractivity contribution in [2.45, 2.75) is 33.6 Å². The van der Waals surface area contributed by atoms with Crippen molar-refractivity contribution in [2.75, 3.05) is 37.5 Å². The Kier molecular flexibility index (Phi) is 8.00. The van der Waals surface area contributed by atoms with Gasteiger partial charge in [-0.25, -0.2) is 9.97 Å². The van der Waals surface area contributed by atoms with E-state index < -0.39 is 4.92 Å². The minimum absolute atomic E-state index is 0.108. The molecule has 1 aromatic heterocycles. The monoisotopic (exact) mass is 467 g/mol. The Morgan fingerprint density at radius 2 is 1.97 bits per heavy atom. The van der Waals surface area contributed by atoms with Gasteiger partial charge in [-0.3, -0.25) is 10.1 Å². The molecule has 1 aromatic carbocycles. The molecular weight excluding hydrogens is 442 g/mol. The molecule has 0 spiro atoms. The molecule has 0 bridgehead atoms. The number of aromatic nitrogens is 2. The molecule has 1 heterocycles. The Morgan fingerprint density at radius 3 is 2.52 bits per heavy atom. The number of hydrogen-bond donors (Lipinski definition) is 1. The van der Waals surface area contributed by atoms with Crippen LogP contribution in [0, 0.1) is 17.0 Å². The quantitative estimate of drug-likeness (QED) is 0.390. The molecule has 0 saturated heterocycles. The lowest BCUT2D eigenvalue weighted by Crippen LogP contribution is -2.26. The number of anilines is 3. The van der Waals surface area contributed by atoms with Crippen molar-refractivity contribution in [3.05, 3.63) is 32.5 Å². The van der Waals surface area contributed by atoms with Crippen LogP contribution in [0.2, 0.25) is 0 Å². The van der Waals surface area contributed by atoms with Gasteiger partial charge in [-0.1, -0.05) is 13.3 Å². The highest BCUT2D eigenvalue weighted by Gasteiger charge is 2.28. The maximum absolute atomic E-state index is 12.0. The van der Waals surface area contributed by atoms with Gasteiger partial charge in [-0.15, -0.1) is 0 Å².